The van der Waals surface area contributed by atoms with Crippen LogP contribution in [0.5, 0.6) is 17.2 Å². The van der Waals surface area contributed by atoms with Crippen LogP contribution in [0, 0.1) is 10.1 Å². The first-order valence-corrected chi connectivity index (χ1v) is 15.4. The van der Waals surface area contributed by atoms with Gasteiger partial charge in [0.15, 0.2) is 16.3 Å². The summed E-state index contributed by atoms with van der Waals surface area (Å²) in [6.07, 6.45) is 1.04. The summed E-state index contributed by atoms with van der Waals surface area (Å²) in [5.41, 5.74) is 1.57. The molecule has 3 aromatic carbocycles. The van der Waals surface area contributed by atoms with Crippen LogP contribution in [0.15, 0.2) is 87.8 Å². The van der Waals surface area contributed by atoms with Crippen molar-refractivity contribution in [3.05, 3.63) is 124 Å². The predicted octanol–water partition coefficient (Wildman–Crippen LogP) is 5.08. The third-order valence-corrected chi connectivity index (χ3v) is 8.11. The van der Waals surface area contributed by atoms with Gasteiger partial charge in [0.25, 0.3) is 11.2 Å². The molecule has 0 unspecified atom stereocenters. The summed E-state index contributed by atoms with van der Waals surface area (Å²) in [6.45, 7) is 7.72. The molecule has 1 aliphatic rings. The topological polar surface area (TPSA) is 131 Å². The minimum Gasteiger partial charge on any atom is -0.494 e. The van der Waals surface area contributed by atoms with Crippen molar-refractivity contribution in [2.45, 2.75) is 46.4 Å². The van der Waals surface area contributed by atoms with Gasteiger partial charge in [-0.25, -0.2) is 9.79 Å². The van der Waals surface area contributed by atoms with Crippen LogP contribution in [0.25, 0.3) is 6.08 Å². The minimum atomic E-state index is -0.849. The van der Waals surface area contributed by atoms with E-state index in [-0.39, 0.29) is 39.5 Å². The molecule has 2 heterocycles. The number of hydrogen-bond donors (Lipinski definition) is 0. The Kier molecular flexibility index (Phi) is 9.67. The van der Waals surface area contributed by atoms with Gasteiger partial charge in [0.2, 0.25) is 0 Å². The zero-order chi connectivity index (χ0) is 33.0. The van der Waals surface area contributed by atoms with Gasteiger partial charge in [0.05, 0.1) is 58.2 Å². The summed E-state index contributed by atoms with van der Waals surface area (Å²) in [4.78, 5) is 44.1. The SMILES string of the molecule is CCOc1ccc([C@H]2C(C(=O)OC(C)C)=C(C)N=c3s/c(=C/c4cc(OC)c(OCc5ccccc5)cc4[N+](=O)[O-])c(=O)n32)cc1. The normalized spacial score (nSPS) is 14.5. The standard InChI is InChI=1S/C34H33N3O8S/c1-6-43-25-14-12-23(13-15-25)31-30(33(39)45-20(2)3)21(4)35-34-36(31)32(38)29(46-34)17-24-16-27(42-5)28(18-26(24)37(40)41)44-19-22-10-8-7-9-11-22/h7-18,20,31H,6,19H2,1-5H3/b29-17+/t31-/m0/s1. The highest BCUT2D eigenvalue weighted by molar-refractivity contribution is 7.07. The van der Waals surface area contributed by atoms with E-state index in [9.17, 15) is 19.7 Å². The van der Waals surface area contributed by atoms with Gasteiger partial charge in [-0.3, -0.25) is 19.5 Å². The van der Waals surface area contributed by atoms with E-state index >= 15 is 0 Å². The molecule has 11 nitrogen and oxygen atoms in total. The van der Waals surface area contributed by atoms with Gasteiger partial charge in [-0.05, 0) is 63.1 Å². The van der Waals surface area contributed by atoms with Crippen LogP contribution in [0.2, 0.25) is 0 Å². The molecule has 5 rings (SSSR count). The van der Waals surface area contributed by atoms with Gasteiger partial charge < -0.3 is 18.9 Å². The third kappa shape index (κ3) is 6.71. The fourth-order valence-electron chi connectivity index (χ4n) is 5.08. The number of allylic oxidation sites excluding steroid dienone is 1. The lowest BCUT2D eigenvalue weighted by atomic mass is 9.96. The Hall–Kier alpha value is -5.23. The number of carbonyl (C=O) groups is 1. The summed E-state index contributed by atoms with van der Waals surface area (Å²) in [5, 5.41) is 12.2. The van der Waals surface area contributed by atoms with Gasteiger partial charge in [0.1, 0.15) is 12.4 Å². The molecule has 0 amide bonds. The van der Waals surface area contributed by atoms with E-state index in [0.29, 0.717) is 28.4 Å². The smallest absolute Gasteiger partial charge is 0.338 e. The zero-order valence-electron chi connectivity index (χ0n) is 26.0. The van der Waals surface area contributed by atoms with Crippen LogP contribution < -0.4 is 29.1 Å². The molecule has 0 radical (unpaired) electrons. The van der Waals surface area contributed by atoms with E-state index in [2.05, 4.69) is 4.99 Å². The number of carbonyl (C=O) groups excluding carboxylic acids is 1. The molecule has 0 saturated heterocycles. The van der Waals surface area contributed by atoms with Crippen LogP contribution >= 0.6 is 11.3 Å². The maximum atomic E-state index is 14.1. The Bertz CT molecular complexity index is 1980. The zero-order valence-corrected chi connectivity index (χ0v) is 26.8. The molecule has 0 fully saturated rings. The fraction of sp³-hybridized carbons (Fsp3) is 0.265. The number of nitrogens with zero attached hydrogens (tertiary/aromatic N) is 3. The molecule has 12 heteroatoms. The summed E-state index contributed by atoms with van der Waals surface area (Å²) < 4.78 is 24.1. The highest BCUT2D eigenvalue weighted by Crippen LogP contribution is 2.36. The van der Waals surface area contributed by atoms with E-state index in [0.717, 1.165) is 16.9 Å². The third-order valence-electron chi connectivity index (χ3n) is 7.12. The summed E-state index contributed by atoms with van der Waals surface area (Å²) >= 11 is 1.07. The van der Waals surface area contributed by atoms with Gasteiger partial charge in [-0.15, -0.1) is 0 Å². The Morgan fingerprint density at radius 3 is 2.43 bits per heavy atom. The van der Waals surface area contributed by atoms with Crippen molar-refractivity contribution in [2.24, 2.45) is 4.99 Å². The molecule has 46 heavy (non-hydrogen) atoms. The van der Waals surface area contributed by atoms with Crippen molar-refractivity contribution < 1.29 is 28.7 Å². The first kappa shape index (κ1) is 32.2. The maximum absolute atomic E-state index is 14.1. The van der Waals surface area contributed by atoms with E-state index in [4.69, 9.17) is 18.9 Å². The molecule has 1 atom stereocenters. The molecule has 0 saturated carbocycles. The van der Waals surface area contributed by atoms with Crippen LogP contribution in [-0.2, 0) is 16.1 Å². The first-order chi connectivity index (χ1) is 22.1. The number of benzene rings is 3. The number of hydrogen-bond acceptors (Lipinski definition) is 10. The Morgan fingerprint density at radius 1 is 1.09 bits per heavy atom. The molecular weight excluding hydrogens is 610 g/mol. The largest absolute Gasteiger partial charge is 0.494 e. The van der Waals surface area contributed by atoms with Crippen molar-refractivity contribution in [3.63, 3.8) is 0 Å². The maximum Gasteiger partial charge on any atom is 0.338 e. The number of nitro groups is 1. The van der Waals surface area contributed by atoms with Crippen molar-refractivity contribution in [1.82, 2.24) is 4.57 Å². The molecule has 1 aromatic heterocycles. The highest BCUT2D eigenvalue weighted by Gasteiger charge is 2.34. The number of ether oxygens (including phenoxy) is 4. The second-order valence-corrected chi connectivity index (χ2v) is 11.6. The summed E-state index contributed by atoms with van der Waals surface area (Å²) in [7, 11) is 1.44. The van der Waals surface area contributed by atoms with E-state index in [1.54, 1.807) is 45.0 Å². The second kappa shape index (κ2) is 13.8. The van der Waals surface area contributed by atoms with Crippen molar-refractivity contribution in [2.75, 3.05) is 13.7 Å². The summed E-state index contributed by atoms with van der Waals surface area (Å²) in [5.74, 6) is 0.512. The number of rotatable bonds is 11. The molecule has 0 spiro atoms. The number of thiazole rings is 1. The predicted molar refractivity (Wildman–Crippen MR) is 173 cm³/mol. The van der Waals surface area contributed by atoms with Crippen molar-refractivity contribution >= 4 is 29.1 Å². The van der Waals surface area contributed by atoms with Gasteiger partial charge in [-0.2, -0.15) is 0 Å². The lowest BCUT2D eigenvalue weighted by Crippen LogP contribution is -2.40. The average Bonchev–Trinajstić information content (AvgIpc) is 3.33. The highest BCUT2D eigenvalue weighted by atomic mass is 32.1. The number of fused-ring (bicyclic) bond motifs is 1. The number of methoxy groups -OCH3 is 1. The fourth-order valence-corrected chi connectivity index (χ4v) is 6.11. The molecule has 4 aromatic rings. The molecular formula is C34H33N3O8S. The molecule has 0 aliphatic carbocycles. The Morgan fingerprint density at radius 2 is 1.80 bits per heavy atom. The number of aromatic nitrogens is 1. The van der Waals surface area contributed by atoms with E-state index < -0.39 is 28.6 Å². The van der Waals surface area contributed by atoms with E-state index in [1.807, 2.05) is 37.3 Å². The molecule has 0 bridgehead atoms. The van der Waals surface area contributed by atoms with Crippen LogP contribution in [0.3, 0.4) is 0 Å². The first-order valence-electron chi connectivity index (χ1n) is 14.6. The van der Waals surface area contributed by atoms with Gasteiger partial charge in [0, 0.05) is 0 Å². The van der Waals surface area contributed by atoms with Crippen molar-refractivity contribution in [3.8, 4) is 17.2 Å². The Balaban J connectivity index is 1.63. The van der Waals surface area contributed by atoms with Crippen molar-refractivity contribution in [1.29, 1.82) is 0 Å². The van der Waals surface area contributed by atoms with Gasteiger partial charge in [-0.1, -0.05) is 53.8 Å². The van der Waals surface area contributed by atoms with E-state index in [1.165, 1.54) is 29.9 Å². The van der Waals surface area contributed by atoms with Crippen LogP contribution in [0.4, 0.5) is 5.69 Å². The minimum absolute atomic E-state index is 0.145. The lowest BCUT2D eigenvalue weighted by Gasteiger charge is -2.25. The second-order valence-electron chi connectivity index (χ2n) is 10.6. The Labute approximate surface area is 268 Å². The molecule has 0 N–H and O–H groups in total. The van der Waals surface area contributed by atoms with Gasteiger partial charge >= 0.3 is 5.97 Å². The number of nitro benzene ring substituents is 1. The molecule has 1 aliphatic heterocycles. The molecule has 238 valence electrons. The van der Waals surface area contributed by atoms with Crippen LogP contribution in [0.1, 0.15) is 50.4 Å². The lowest BCUT2D eigenvalue weighted by molar-refractivity contribution is -0.385. The monoisotopic (exact) mass is 643 g/mol. The van der Waals surface area contributed by atoms with Crippen LogP contribution in [-0.4, -0.2) is 35.3 Å². The number of esters is 1. The quantitative estimate of drug-likeness (QED) is 0.126. The summed E-state index contributed by atoms with van der Waals surface area (Å²) in [6, 6.07) is 18.4. The average molecular weight is 644 g/mol.